The number of ether oxygens (including phenoxy) is 3. The molecule has 0 bridgehead atoms. The van der Waals surface area contributed by atoms with Crippen molar-refractivity contribution in [3.05, 3.63) is 129 Å². The first-order valence-corrected chi connectivity index (χ1v) is 25.8. The van der Waals surface area contributed by atoms with E-state index in [0.29, 0.717) is 89.3 Å². The number of alkyl halides is 7. The number of carbonyl (C=O) groups is 2. The molecule has 4 aromatic carbocycles. The van der Waals surface area contributed by atoms with Crippen LogP contribution in [0.1, 0.15) is 109 Å². The summed E-state index contributed by atoms with van der Waals surface area (Å²) >= 11 is 6.13. The van der Waals surface area contributed by atoms with Gasteiger partial charge in [0.1, 0.15) is 27.2 Å². The van der Waals surface area contributed by atoms with Crippen LogP contribution in [0.4, 0.5) is 26.3 Å². The molecule has 388 valence electrons. The average Bonchev–Trinajstić information content (AvgIpc) is 4.23. The standard InChI is InChI=1S/C26H25F3N2O4S.C14H16F3NO2.C12H10BrNO2S/c1-4-9-16-13-18-21(35-31-23(18)26(27,28)29)17(10-5-2)20(16)34-22(25(32)33-3)19-14-36-24(30-19)15-11-7-6-8-12-15;1-3-5-8-7-10-12(9(6-4-2)11(8)19)20-18-13(10)14(15,16)17;1-16-12(15)10(13)9-7-17-11(14-9)8-5-3-2-4-6-8/h6-8,11-14,22H,4-5,9-10H2,1-3H3;7,19H,3-6H2,1-2H3;2-7,10H,1H3. The summed E-state index contributed by atoms with van der Waals surface area (Å²) < 4.78 is 105. The van der Waals surface area contributed by atoms with E-state index in [1.54, 1.807) is 5.38 Å². The maximum atomic E-state index is 13.6. The first-order chi connectivity index (χ1) is 34.9. The van der Waals surface area contributed by atoms with Gasteiger partial charge in [0.05, 0.1) is 30.7 Å². The number of phenols is 1. The highest BCUT2D eigenvalue weighted by molar-refractivity contribution is 9.09. The van der Waals surface area contributed by atoms with Crippen LogP contribution >= 0.6 is 38.6 Å². The lowest BCUT2D eigenvalue weighted by atomic mass is 9.97. The van der Waals surface area contributed by atoms with Crippen LogP contribution in [0.2, 0.25) is 0 Å². The van der Waals surface area contributed by atoms with Gasteiger partial charge in [0.2, 0.25) is 6.10 Å². The number of benzene rings is 4. The molecule has 0 amide bonds. The zero-order valence-corrected chi connectivity index (χ0v) is 43.7. The molecule has 0 saturated heterocycles. The summed E-state index contributed by atoms with van der Waals surface area (Å²) in [6.45, 7) is 7.60. The molecule has 0 aliphatic carbocycles. The van der Waals surface area contributed by atoms with E-state index in [0.717, 1.165) is 22.6 Å². The average molecular weight is 1120 g/mol. The van der Waals surface area contributed by atoms with Gasteiger partial charge < -0.3 is 28.4 Å². The van der Waals surface area contributed by atoms with Gasteiger partial charge >= 0.3 is 24.3 Å². The third-order valence-corrected chi connectivity index (χ3v) is 13.7. The molecular weight excluding hydrogens is 1070 g/mol. The van der Waals surface area contributed by atoms with Gasteiger partial charge in [-0.2, -0.15) is 26.3 Å². The summed E-state index contributed by atoms with van der Waals surface area (Å²) in [4.78, 5) is 32.7. The lowest BCUT2D eigenvalue weighted by molar-refractivity contribution is -0.149. The minimum absolute atomic E-state index is 0.00546. The zero-order chi connectivity index (χ0) is 53.0. The Morgan fingerprint density at radius 3 is 1.56 bits per heavy atom. The normalized spacial score (nSPS) is 12.4. The molecule has 0 fully saturated rings. The van der Waals surface area contributed by atoms with E-state index in [1.807, 2.05) is 93.7 Å². The molecule has 0 aliphatic heterocycles. The van der Waals surface area contributed by atoms with Crippen LogP contribution in [0.5, 0.6) is 11.5 Å². The maximum Gasteiger partial charge on any atom is 0.437 e. The number of hydrogen-bond acceptors (Lipinski definition) is 14. The maximum absolute atomic E-state index is 13.6. The van der Waals surface area contributed by atoms with Crippen molar-refractivity contribution in [2.24, 2.45) is 0 Å². The Bertz CT molecular complexity index is 3100. The molecule has 0 saturated carbocycles. The molecule has 0 aliphatic rings. The van der Waals surface area contributed by atoms with Gasteiger partial charge in [-0.25, -0.2) is 14.8 Å². The van der Waals surface area contributed by atoms with Crippen molar-refractivity contribution < 1.29 is 64.3 Å². The number of hydrogen-bond donors (Lipinski definition) is 1. The van der Waals surface area contributed by atoms with E-state index < -0.39 is 40.6 Å². The lowest BCUT2D eigenvalue weighted by Crippen LogP contribution is -2.22. The van der Waals surface area contributed by atoms with E-state index in [4.69, 9.17) is 18.5 Å². The molecule has 1 N–H and O–H groups in total. The van der Waals surface area contributed by atoms with Crippen LogP contribution in [0.3, 0.4) is 0 Å². The smallest absolute Gasteiger partial charge is 0.437 e. The highest BCUT2D eigenvalue weighted by Crippen LogP contribution is 2.43. The molecular formula is C52H51BrF6N4O8S2. The molecule has 0 spiro atoms. The van der Waals surface area contributed by atoms with Crippen molar-refractivity contribution in [2.45, 2.75) is 102 Å². The summed E-state index contributed by atoms with van der Waals surface area (Å²) in [5.74, 6) is -0.667. The molecule has 8 aromatic rings. The van der Waals surface area contributed by atoms with Crippen molar-refractivity contribution in [1.29, 1.82) is 0 Å². The molecule has 8 rings (SSSR count). The van der Waals surface area contributed by atoms with Crippen LogP contribution < -0.4 is 4.74 Å². The number of aromatic hydroxyl groups is 1. The summed E-state index contributed by atoms with van der Waals surface area (Å²) in [5, 5.41) is 21.6. The number of phenolic OH excluding ortho intramolecular Hbond substituents is 1. The van der Waals surface area contributed by atoms with Crippen LogP contribution in [0.15, 0.2) is 92.6 Å². The third kappa shape index (κ3) is 13.3. The number of carbonyl (C=O) groups excluding carboxylic acids is 2. The van der Waals surface area contributed by atoms with E-state index in [9.17, 15) is 41.0 Å². The number of nitrogens with zero attached hydrogens (tertiary/aromatic N) is 4. The van der Waals surface area contributed by atoms with Gasteiger partial charge in [0, 0.05) is 33.0 Å². The molecule has 2 unspecified atom stereocenters. The molecule has 21 heteroatoms. The number of aromatic nitrogens is 4. The number of thiazole rings is 2. The van der Waals surface area contributed by atoms with Gasteiger partial charge in [0.25, 0.3) is 0 Å². The first kappa shape index (κ1) is 56.0. The second-order valence-corrected chi connectivity index (χ2v) is 18.9. The van der Waals surface area contributed by atoms with Gasteiger partial charge in [0.15, 0.2) is 27.4 Å². The van der Waals surface area contributed by atoms with Crippen molar-refractivity contribution in [3.63, 3.8) is 0 Å². The van der Waals surface area contributed by atoms with Crippen molar-refractivity contribution in [3.8, 4) is 32.6 Å². The summed E-state index contributed by atoms with van der Waals surface area (Å²) in [5.41, 5.74) is 2.81. The molecule has 12 nitrogen and oxygen atoms in total. The molecule has 0 radical (unpaired) electrons. The number of esters is 2. The van der Waals surface area contributed by atoms with Crippen LogP contribution in [0.25, 0.3) is 43.1 Å². The van der Waals surface area contributed by atoms with Gasteiger partial charge in [-0.05, 0) is 48.9 Å². The van der Waals surface area contributed by atoms with Gasteiger partial charge in [-0.3, -0.25) is 4.79 Å². The van der Waals surface area contributed by atoms with Crippen molar-refractivity contribution in [1.82, 2.24) is 20.3 Å². The first-order valence-electron chi connectivity index (χ1n) is 23.1. The number of methoxy groups -OCH3 is 2. The minimum atomic E-state index is -4.66. The van der Waals surface area contributed by atoms with E-state index >= 15 is 0 Å². The topological polar surface area (TPSA) is 160 Å². The van der Waals surface area contributed by atoms with Crippen molar-refractivity contribution in [2.75, 3.05) is 14.2 Å². The van der Waals surface area contributed by atoms with E-state index in [-0.39, 0.29) is 33.7 Å². The molecule has 4 heterocycles. The summed E-state index contributed by atoms with van der Waals surface area (Å²) in [7, 11) is 2.61. The summed E-state index contributed by atoms with van der Waals surface area (Å²) in [6.07, 6.45) is -5.97. The minimum Gasteiger partial charge on any atom is -0.507 e. The fourth-order valence-corrected chi connectivity index (χ4v) is 10.0. The Morgan fingerprint density at radius 1 is 0.644 bits per heavy atom. The Hall–Kier alpha value is -6.32. The SMILES string of the molecule is CCCc1cc2c(C(F)(F)F)noc2c(CCC)c1O.CCCc1cc2c(C(F)(F)F)noc2c(CCC)c1OC(C(=O)OC)c1csc(-c2ccccc2)n1.COC(=O)C(Br)c1csc(-c2ccccc2)n1. The Morgan fingerprint density at radius 2 is 1.08 bits per heavy atom. The highest BCUT2D eigenvalue weighted by Gasteiger charge is 2.40. The van der Waals surface area contributed by atoms with E-state index in [2.05, 4.69) is 40.9 Å². The Labute approximate surface area is 432 Å². The predicted octanol–water partition coefficient (Wildman–Crippen LogP) is 15.0. The van der Waals surface area contributed by atoms with Crippen LogP contribution in [0, 0.1) is 0 Å². The molecule has 2 atom stereocenters. The predicted molar refractivity (Wildman–Crippen MR) is 270 cm³/mol. The highest BCUT2D eigenvalue weighted by atomic mass is 79.9. The van der Waals surface area contributed by atoms with E-state index in [1.165, 1.54) is 49.0 Å². The second kappa shape index (κ2) is 25.1. The lowest BCUT2D eigenvalue weighted by Gasteiger charge is -2.21. The third-order valence-electron chi connectivity index (χ3n) is 11.0. The van der Waals surface area contributed by atoms with Gasteiger partial charge in [-0.15, -0.1) is 22.7 Å². The van der Waals surface area contributed by atoms with Crippen LogP contribution in [-0.4, -0.2) is 51.5 Å². The monoisotopic (exact) mass is 1120 g/mol. The number of fused-ring (bicyclic) bond motifs is 2. The Kier molecular flexibility index (Phi) is 19.2. The zero-order valence-electron chi connectivity index (χ0n) is 40.5. The fourth-order valence-electron chi connectivity index (χ4n) is 7.72. The van der Waals surface area contributed by atoms with Gasteiger partial charge in [-0.1, -0.05) is 140 Å². The summed E-state index contributed by atoms with van der Waals surface area (Å²) in [6, 6.07) is 22.1. The second-order valence-electron chi connectivity index (χ2n) is 16.3. The fraction of sp³-hybridized carbons (Fsp3) is 0.346. The molecule has 73 heavy (non-hydrogen) atoms. The van der Waals surface area contributed by atoms with Crippen LogP contribution in [-0.2, 0) is 57.1 Å². The number of halogens is 7. The number of aryl methyl sites for hydroxylation is 4. The van der Waals surface area contributed by atoms with Crippen molar-refractivity contribution >= 4 is 72.5 Å². The Balaban J connectivity index is 0.000000197. The quantitative estimate of drug-likeness (QED) is 0.0555. The largest absolute Gasteiger partial charge is 0.507 e. The molecule has 4 aromatic heterocycles. The number of rotatable bonds is 16.